The van der Waals surface area contributed by atoms with Gasteiger partial charge in [-0.15, -0.1) is 0 Å². The van der Waals surface area contributed by atoms with Gasteiger partial charge in [0.15, 0.2) is 16.7 Å². The smallest absolute Gasteiger partial charge is 0.271 e. The summed E-state index contributed by atoms with van der Waals surface area (Å²) in [5.41, 5.74) is 4.79. The molecule has 1 aliphatic rings. The summed E-state index contributed by atoms with van der Waals surface area (Å²) in [4.78, 5) is 20.6. The second-order valence-electron chi connectivity index (χ2n) is 9.55. The summed E-state index contributed by atoms with van der Waals surface area (Å²) in [5, 5.41) is 2.01. The molecule has 0 radical (unpaired) electrons. The van der Waals surface area contributed by atoms with E-state index in [2.05, 4.69) is 0 Å². The van der Waals surface area contributed by atoms with Crippen molar-refractivity contribution in [3.63, 3.8) is 0 Å². The lowest BCUT2D eigenvalue weighted by atomic mass is 10.1. The lowest BCUT2D eigenvalue weighted by molar-refractivity contribution is -0.113. The van der Waals surface area contributed by atoms with Gasteiger partial charge in [0.25, 0.3) is 5.91 Å². The number of ether oxygens (including phenoxy) is 2. The van der Waals surface area contributed by atoms with Crippen molar-refractivity contribution in [3.05, 3.63) is 121 Å². The van der Waals surface area contributed by atoms with Crippen LogP contribution in [-0.2, 0) is 11.4 Å². The first-order valence-electron chi connectivity index (χ1n) is 13.2. The van der Waals surface area contributed by atoms with Gasteiger partial charge in [0, 0.05) is 10.0 Å². The van der Waals surface area contributed by atoms with Crippen LogP contribution in [0.15, 0.2) is 88.8 Å². The SMILES string of the molecule is CCOc1cc(/C=C2/SC(=Nc3ccc(C)c(Cl)c3)N(c3ccc(C)c(Cl)c3)C2=O)cc(Cl)c1OCc1ccccc1. The molecule has 9 heteroatoms. The van der Waals surface area contributed by atoms with E-state index in [9.17, 15) is 4.79 Å². The minimum absolute atomic E-state index is 0.240. The quantitative estimate of drug-likeness (QED) is 0.180. The Balaban J connectivity index is 1.52. The Bertz CT molecular complexity index is 1710. The molecule has 0 saturated carbocycles. The minimum atomic E-state index is -0.240. The van der Waals surface area contributed by atoms with Crippen molar-refractivity contribution in [2.75, 3.05) is 11.5 Å². The Kier molecular flexibility index (Phi) is 9.49. The first-order chi connectivity index (χ1) is 20.2. The molecule has 0 N–H and O–H groups in total. The molecule has 1 amide bonds. The zero-order valence-corrected chi connectivity index (χ0v) is 26.2. The first kappa shape index (κ1) is 30.1. The molecule has 1 heterocycles. The number of nitrogens with zero attached hydrogens (tertiary/aromatic N) is 2. The molecule has 4 aromatic carbocycles. The molecule has 5 nitrogen and oxygen atoms in total. The van der Waals surface area contributed by atoms with Crippen molar-refractivity contribution in [1.82, 2.24) is 0 Å². The van der Waals surface area contributed by atoms with E-state index in [4.69, 9.17) is 49.3 Å². The number of amides is 1. The molecule has 5 rings (SSSR count). The van der Waals surface area contributed by atoms with E-state index >= 15 is 0 Å². The van der Waals surface area contributed by atoms with Crippen LogP contribution in [0.4, 0.5) is 11.4 Å². The highest BCUT2D eigenvalue weighted by Crippen LogP contribution is 2.41. The maximum absolute atomic E-state index is 13.8. The molecule has 1 fully saturated rings. The van der Waals surface area contributed by atoms with E-state index in [0.29, 0.717) is 66.8 Å². The van der Waals surface area contributed by atoms with Crippen LogP contribution in [0.3, 0.4) is 0 Å². The van der Waals surface area contributed by atoms with Gasteiger partial charge in [-0.25, -0.2) is 4.99 Å². The molecule has 42 heavy (non-hydrogen) atoms. The average Bonchev–Trinajstić information content (AvgIpc) is 3.26. The number of anilines is 1. The van der Waals surface area contributed by atoms with Gasteiger partial charge in [-0.2, -0.15) is 0 Å². The highest BCUT2D eigenvalue weighted by molar-refractivity contribution is 8.19. The van der Waals surface area contributed by atoms with Crippen molar-refractivity contribution < 1.29 is 14.3 Å². The van der Waals surface area contributed by atoms with Gasteiger partial charge in [0.2, 0.25) is 0 Å². The number of aliphatic imine (C=N–C) groups is 1. The standard InChI is InChI=1S/C33H27Cl3N2O3S/c1-4-40-29-15-23(14-28(36)31(29)41-19-22-8-6-5-7-9-22)16-30-32(39)38(25-13-11-21(3)27(35)18-25)33(42-30)37-24-12-10-20(2)26(34)17-24/h5-18H,4,19H2,1-3H3/b30-16+,37-33?. The zero-order chi connectivity index (χ0) is 29.8. The van der Waals surface area contributed by atoms with Crippen LogP contribution in [0.25, 0.3) is 6.08 Å². The van der Waals surface area contributed by atoms with Crippen molar-refractivity contribution in [2.24, 2.45) is 4.99 Å². The van der Waals surface area contributed by atoms with Crippen molar-refractivity contribution in [2.45, 2.75) is 27.4 Å². The van der Waals surface area contributed by atoms with E-state index in [0.717, 1.165) is 16.7 Å². The number of carbonyl (C=O) groups excluding carboxylic acids is 1. The number of hydrogen-bond donors (Lipinski definition) is 0. The largest absolute Gasteiger partial charge is 0.490 e. The maximum Gasteiger partial charge on any atom is 0.271 e. The van der Waals surface area contributed by atoms with Crippen LogP contribution in [0.2, 0.25) is 15.1 Å². The molecule has 0 unspecified atom stereocenters. The van der Waals surface area contributed by atoms with Crippen molar-refractivity contribution in [1.29, 1.82) is 0 Å². The Hall–Kier alpha value is -3.42. The topological polar surface area (TPSA) is 51.1 Å². The molecule has 0 aromatic heterocycles. The summed E-state index contributed by atoms with van der Waals surface area (Å²) < 4.78 is 11.9. The van der Waals surface area contributed by atoms with Crippen LogP contribution in [-0.4, -0.2) is 17.7 Å². The third-order valence-electron chi connectivity index (χ3n) is 6.46. The third-order valence-corrected chi connectivity index (χ3v) is 8.52. The third kappa shape index (κ3) is 6.79. The summed E-state index contributed by atoms with van der Waals surface area (Å²) in [7, 11) is 0. The molecule has 214 valence electrons. The van der Waals surface area contributed by atoms with Gasteiger partial charge in [0.1, 0.15) is 6.61 Å². The molecule has 0 spiro atoms. The monoisotopic (exact) mass is 636 g/mol. The number of carbonyl (C=O) groups is 1. The van der Waals surface area contributed by atoms with E-state index in [1.807, 2.05) is 81.4 Å². The van der Waals surface area contributed by atoms with Gasteiger partial charge < -0.3 is 9.47 Å². The molecular weight excluding hydrogens is 611 g/mol. The summed E-state index contributed by atoms with van der Waals surface area (Å²) >= 11 is 20.7. The predicted octanol–water partition coefficient (Wildman–Crippen LogP) is 10.0. The molecule has 1 saturated heterocycles. The molecule has 0 aliphatic carbocycles. The fraction of sp³-hybridized carbons (Fsp3) is 0.152. The summed E-state index contributed by atoms with van der Waals surface area (Å²) in [6.45, 7) is 6.49. The fourth-order valence-corrected chi connectivity index (χ4v) is 5.84. The Morgan fingerprint density at radius 1 is 0.857 bits per heavy atom. The molecule has 4 aromatic rings. The van der Waals surface area contributed by atoms with E-state index < -0.39 is 0 Å². The van der Waals surface area contributed by atoms with E-state index in [1.165, 1.54) is 11.8 Å². The second kappa shape index (κ2) is 13.3. The molecule has 0 atom stereocenters. The first-order valence-corrected chi connectivity index (χ1v) is 15.2. The minimum Gasteiger partial charge on any atom is -0.490 e. The van der Waals surface area contributed by atoms with Crippen LogP contribution in [0.1, 0.15) is 29.2 Å². The highest BCUT2D eigenvalue weighted by atomic mass is 35.5. The number of halogens is 3. The number of benzene rings is 4. The number of hydrogen-bond acceptors (Lipinski definition) is 5. The fourth-order valence-electron chi connectivity index (χ4n) is 4.21. The van der Waals surface area contributed by atoms with Crippen LogP contribution in [0, 0.1) is 13.8 Å². The number of rotatable bonds is 8. The Morgan fingerprint density at radius 2 is 1.57 bits per heavy atom. The molecule has 1 aliphatic heterocycles. The lowest BCUT2D eigenvalue weighted by Gasteiger charge is -2.17. The maximum atomic E-state index is 13.8. The van der Waals surface area contributed by atoms with E-state index in [1.54, 1.807) is 29.2 Å². The molecular formula is C33H27Cl3N2O3S. The van der Waals surface area contributed by atoms with Gasteiger partial charge in [0.05, 0.1) is 27.9 Å². The molecule has 0 bridgehead atoms. The Labute approximate surface area is 264 Å². The van der Waals surface area contributed by atoms with Crippen molar-refractivity contribution in [3.8, 4) is 11.5 Å². The predicted molar refractivity (Wildman–Crippen MR) is 176 cm³/mol. The average molecular weight is 638 g/mol. The summed E-state index contributed by atoms with van der Waals surface area (Å²) in [6.07, 6.45) is 1.77. The van der Waals surface area contributed by atoms with E-state index in [-0.39, 0.29) is 5.91 Å². The number of amidine groups is 1. The summed E-state index contributed by atoms with van der Waals surface area (Å²) in [5.74, 6) is 0.702. The van der Waals surface area contributed by atoms with Gasteiger partial charge in [-0.05, 0) is 97.3 Å². The van der Waals surface area contributed by atoms with Crippen molar-refractivity contribution >= 4 is 75.1 Å². The van der Waals surface area contributed by atoms with Gasteiger partial charge in [-0.3, -0.25) is 9.69 Å². The zero-order valence-electron chi connectivity index (χ0n) is 23.2. The lowest BCUT2D eigenvalue weighted by Crippen LogP contribution is -2.28. The van der Waals surface area contributed by atoms with Crippen LogP contribution in [0.5, 0.6) is 11.5 Å². The second-order valence-corrected chi connectivity index (χ2v) is 11.8. The van der Waals surface area contributed by atoms with Crippen LogP contribution < -0.4 is 14.4 Å². The summed E-state index contributed by atoms with van der Waals surface area (Å²) in [6, 6.07) is 24.4. The normalized spacial score (nSPS) is 15.1. The number of aryl methyl sites for hydroxylation is 2. The highest BCUT2D eigenvalue weighted by Gasteiger charge is 2.35. The Morgan fingerprint density at radius 3 is 2.26 bits per heavy atom. The van der Waals surface area contributed by atoms with Gasteiger partial charge >= 0.3 is 0 Å². The van der Waals surface area contributed by atoms with Gasteiger partial charge in [-0.1, -0.05) is 77.3 Å². The number of thioether (sulfide) groups is 1. The van der Waals surface area contributed by atoms with Crippen LogP contribution >= 0.6 is 46.6 Å².